The van der Waals surface area contributed by atoms with E-state index in [1.165, 1.54) is 49.8 Å². The summed E-state index contributed by atoms with van der Waals surface area (Å²) < 4.78 is 21.6. The summed E-state index contributed by atoms with van der Waals surface area (Å²) in [5.74, 6) is 1.15. The molecule has 1 fully saturated rings. The second-order valence-electron chi connectivity index (χ2n) is 7.57. The highest BCUT2D eigenvalue weighted by molar-refractivity contribution is 5.89. The summed E-state index contributed by atoms with van der Waals surface area (Å²) in [6, 6.07) is 13.3. The van der Waals surface area contributed by atoms with Crippen molar-refractivity contribution in [2.24, 2.45) is 0 Å². The molecule has 0 amide bonds. The largest absolute Gasteiger partial charge is 0.497 e. The third-order valence-corrected chi connectivity index (χ3v) is 5.76. The molecular formula is C24H32FNO4. The summed E-state index contributed by atoms with van der Waals surface area (Å²) in [4.78, 5) is 16.1. The van der Waals surface area contributed by atoms with E-state index in [4.69, 9.17) is 9.47 Å². The predicted octanol–water partition coefficient (Wildman–Crippen LogP) is 5.19. The molecule has 3 rings (SSSR count). The number of carbonyl (C=O) groups excluding carboxylic acids is 1. The zero-order valence-electron chi connectivity index (χ0n) is 18.5. The number of nitrogens with zero attached hydrogens (tertiary/aromatic N) is 1. The number of rotatable bonds is 5. The normalized spacial score (nSPS) is 18.7. The van der Waals surface area contributed by atoms with Crippen molar-refractivity contribution >= 4 is 5.97 Å². The van der Waals surface area contributed by atoms with E-state index in [1.807, 2.05) is 0 Å². The average molecular weight is 418 g/mol. The molecule has 0 aliphatic carbocycles. The SMILES string of the molecule is CCc1ccc(OC)cc1C1CCN(C)C(C)C1.COc1cccc(C(=O)OF)c1. The van der Waals surface area contributed by atoms with E-state index in [9.17, 15) is 9.32 Å². The molecule has 0 radical (unpaired) electrons. The zero-order valence-corrected chi connectivity index (χ0v) is 18.5. The van der Waals surface area contributed by atoms with Gasteiger partial charge in [-0.25, -0.2) is 9.74 Å². The Kier molecular flexibility index (Phi) is 9.12. The molecule has 6 heteroatoms. The number of hydrogen-bond acceptors (Lipinski definition) is 5. The lowest BCUT2D eigenvalue weighted by Crippen LogP contribution is -2.37. The van der Waals surface area contributed by atoms with Crippen LogP contribution in [-0.2, 0) is 11.4 Å². The fourth-order valence-electron chi connectivity index (χ4n) is 3.77. The first-order chi connectivity index (χ1) is 14.4. The van der Waals surface area contributed by atoms with Gasteiger partial charge < -0.3 is 14.4 Å². The molecule has 2 atom stereocenters. The second kappa shape index (κ2) is 11.6. The molecule has 0 N–H and O–H groups in total. The van der Waals surface area contributed by atoms with Gasteiger partial charge in [0.25, 0.3) is 0 Å². The van der Waals surface area contributed by atoms with Gasteiger partial charge in [0.05, 0.1) is 19.8 Å². The topological polar surface area (TPSA) is 48.0 Å². The zero-order chi connectivity index (χ0) is 22.1. The maximum atomic E-state index is 11.4. The van der Waals surface area contributed by atoms with Gasteiger partial charge in [0.1, 0.15) is 11.5 Å². The minimum Gasteiger partial charge on any atom is -0.497 e. The Labute approximate surface area is 178 Å². The van der Waals surface area contributed by atoms with E-state index in [-0.39, 0.29) is 5.56 Å². The van der Waals surface area contributed by atoms with Gasteiger partial charge >= 0.3 is 5.97 Å². The van der Waals surface area contributed by atoms with Crippen LogP contribution >= 0.6 is 0 Å². The van der Waals surface area contributed by atoms with Crippen LogP contribution in [0.4, 0.5) is 4.53 Å². The molecule has 0 saturated carbocycles. The molecular weight excluding hydrogens is 385 g/mol. The fourth-order valence-corrected chi connectivity index (χ4v) is 3.77. The van der Waals surface area contributed by atoms with Gasteiger partial charge in [0.2, 0.25) is 0 Å². The van der Waals surface area contributed by atoms with Crippen molar-refractivity contribution in [3.63, 3.8) is 0 Å². The predicted molar refractivity (Wildman–Crippen MR) is 116 cm³/mol. The smallest absolute Gasteiger partial charge is 0.379 e. The minimum absolute atomic E-state index is 0.122. The van der Waals surface area contributed by atoms with Crippen molar-refractivity contribution in [2.45, 2.75) is 45.1 Å². The van der Waals surface area contributed by atoms with E-state index < -0.39 is 5.97 Å². The van der Waals surface area contributed by atoms with Crippen molar-refractivity contribution in [3.05, 3.63) is 59.2 Å². The van der Waals surface area contributed by atoms with Crippen LogP contribution in [0.25, 0.3) is 0 Å². The van der Waals surface area contributed by atoms with E-state index in [1.54, 1.807) is 19.2 Å². The maximum Gasteiger partial charge on any atom is 0.379 e. The molecule has 0 aromatic heterocycles. The highest BCUT2D eigenvalue weighted by Gasteiger charge is 2.25. The Bertz CT molecular complexity index is 827. The van der Waals surface area contributed by atoms with Gasteiger partial charge in [-0.1, -0.05) is 19.1 Å². The van der Waals surface area contributed by atoms with Gasteiger partial charge in [-0.3, -0.25) is 0 Å². The highest BCUT2D eigenvalue weighted by Crippen LogP contribution is 2.34. The number of piperidine rings is 1. The first kappa shape index (κ1) is 23.7. The second-order valence-corrected chi connectivity index (χ2v) is 7.57. The van der Waals surface area contributed by atoms with E-state index in [2.05, 4.69) is 48.9 Å². The third-order valence-electron chi connectivity index (χ3n) is 5.76. The Morgan fingerprint density at radius 1 is 1.13 bits per heavy atom. The molecule has 2 aromatic rings. The summed E-state index contributed by atoms with van der Waals surface area (Å²) in [7, 11) is 5.44. The third kappa shape index (κ3) is 6.20. The molecule has 1 aliphatic heterocycles. The van der Waals surface area contributed by atoms with Crippen LogP contribution in [0.3, 0.4) is 0 Å². The number of aryl methyl sites for hydroxylation is 1. The van der Waals surface area contributed by atoms with Gasteiger partial charge in [0, 0.05) is 10.6 Å². The van der Waals surface area contributed by atoms with Crippen LogP contribution in [-0.4, -0.2) is 44.7 Å². The lowest BCUT2D eigenvalue weighted by atomic mass is 9.83. The lowest BCUT2D eigenvalue weighted by molar-refractivity contribution is -0.0788. The van der Waals surface area contributed by atoms with Crippen LogP contribution in [0.1, 0.15) is 54.1 Å². The van der Waals surface area contributed by atoms with Crippen LogP contribution in [0.15, 0.2) is 42.5 Å². The first-order valence-electron chi connectivity index (χ1n) is 10.3. The average Bonchev–Trinajstić information content (AvgIpc) is 2.80. The first-order valence-corrected chi connectivity index (χ1v) is 10.3. The minimum atomic E-state index is -1.02. The molecule has 0 bridgehead atoms. The molecule has 1 aliphatic rings. The van der Waals surface area contributed by atoms with E-state index >= 15 is 0 Å². The summed E-state index contributed by atoms with van der Waals surface area (Å²) in [5, 5.41) is 0. The lowest BCUT2D eigenvalue weighted by Gasteiger charge is -2.36. The summed E-state index contributed by atoms with van der Waals surface area (Å²) in [6.07, 6.45) is 3.64. The number of ether oxygens (including phenoxy) is 2. The highest BCUT2D eigenvalue weighted by atomic mass is 19.3. The summed E-state index contributed by atoms with van der Waals surface area (Å²) in [5.41, 5.74) is 3.12. The van der Waals surface area contributed by atoms with E-state index in [0.29, 0.717) is 17.7 Å². The summed E-state index contributed by atoms with van der Waals surface area (Å²) >= 11 is 0. The van der Waals surface area contributed by atoms with Crippen molar-refractivity contribution < 1.29 is 23.7 Å². The number of benzene rings is 2. The van der Waals surface area contributed by atoms with E-state index in [0.717, 1.165) is 12.2 Å². The monoisotopic (exact) mass is 417 g/mol. The Morgan fingerprint density at radius 2 is 1.83 bits per heavy atom. The molecule has 1 saturated heterocycles. The standard InChI is InChI=1S/C16H25NO.C8H7FO3/c1-5-13-6-7-15(18-4)11-16(13)14-8-9-17(3)12(2)10-14;1-11-7-4-2-3-6(5-7)8(10)12-9/h6-7,11-12,14H,5,8-10H2,1-4H3;2-5H,1H3. The number of carbonyl (C=O) groups is 1. The van der Waals surface area contributed by atoms with Crippen LogP contribution in [0.5, 0.6) is 11.5 Å². The summed E-state index contributed by atoms with van der Waals surface area (Å²) in [6.45, 7) is 5.77. The number of methoxy groups -OCH3 is 2. The van der Waals surface area contributed by atoms with Crippen molar-refractivity contribution in [3.8, 4) is 11.5 Å². The van der Waals surface area contributed by atoms with Crippen molar-refractivity contribution in [2.75, 3.05) is 27.8 Å². The Balaban J connectivity index is 0.000000232. The van der Waals surface area contributed by atoms with Gasteiger partial charge in [0.15, 0.2) is 0 Å². The molecule has 2 aromatic carbocycles. The molecule has 164 valence electrons. The maximum absolute atomic E-state index is 11.4. The van der Waals surface area contributed by atoms with Crippen LogP contribution in [0.2, 0.25) is 0 Å². The molecule has 1 heterocycles. The fraction of sp³-hybridized carbons (Fsp3) is 0.458. The number of halogens is 1. The quantitative estimate of drug-likeness (QED) is 0.670. The van der Waals surface area contributed by atoms with Crippen LogP contribution in [0, 0.1) is 0 Å². The van der Waals surface area contributed by atoms with Crippen LogP contribution < -0.4 is 9.47 Å². The van der Waals surface area contributed by atoms with Gasteiger partial charge in [-0.05, 0) is 87.2 Å². The number of hydrogen-bond donors (Lipinski definition) is 0. The molecule has 30 heavy (non-hydrogen) atoms. The van der Waals surface area contributed by atoms with Crippen molar-refractivity contribution in [1.82, 2.24) is 4.90 Å². The Hall–Kier alpha value is -2.60. The molecule has 2 unspecified atom stereocenters. The van der Waals surface area contributed by atoms with Crippen molar-refractivity contribution in [1.29, 1.82) is 0 Å². The Morgan fingerprint density at radius 3 is 2.43 bits per heavy atom. The van der Waals surface area contributed by atoms with Gasteiger partial charge in [-0.15, -0.1) is 0 Å². The molecule has 5 nitrogen and oxygen atoms in total. The number of likely N-dealkylation sites (tertiary alicyclic amines) is 1. The van der Waals surface area contributed by atoms with Gasteiger partial charge in [-0.2, -0.15) is 0 Å². The molecule has 0 spiro atoms.